The number of hydrogen-bond acceptors (Lipinski definition) is 4. The van der Waals surface area contributed by atoms with Crippen molar-refractivity contribution in [2.45, 2.75) is 31.9 Å². The van der Waals surface area contributed by atoms with Gasteiger partial charge in [0.1, 0.15) is 11.9 Å². The van der Waals surface area contributed by atoms with Crippen LogP contribution in [0.2, 0.25) is 5.02 Å². The molecule has 7 nitrogen and oxygen atoms in total. The Morgan fingerprint density at radius 3 is 3.04 bits per heavy atom. The van der Waals surface area contributed by atoms with Crippen molar-refractivity contribution in [3.8, 4) is 5.75 Å². The van der Waals surface area contributed by atoms with Gasteiger partial charge in [-0.3, -0.25) is 9.67 Å². The van der Waals surface area contributed by atoms with E-state index < -0.39 is 0 Å². The van der Waals surface area contributed by atoms with Crippen molar-refractivity contribution in [1.82, 2.24) is 20.4 Å². The lowest BCUT2D eigenvalue weighted by molar-refractivity contribution is 0.223. The SMILES string of the molecule is CN=C(NCC(C)Oc1cccc(Cl)c1)NC1CCCN(c2cnn(C)c2)C1. The molecule has 2 atom stereocenters. The molecule has 0 aliphatic carbocycles. The molecule has 1 aliphatic heterocycles. The molecule has 0 amide bonds. The summed E-state index contributed by atoms with van der Waals surface area (Å²) in [5.41, 5.74) is 1.17. The zero-order chi connectivity index (χ0) is 19.9. The number of guanidine groups is 1. The second-order valence-corrected chi connectivity index (χ2v) is 7.58. The molecule has 1 aromatic heterocycles. The highest BCUT2D eigenvalue weighted by Crippen LogP contribution is 2.19. The van der Waals surface area contributed by atoms with Crippen molar-refractivity contribution in [3.05, 3.63) is 41.7 Å². The number of aromatic nitrogens is 2. The summed E-state index contributed by atoms with van der Waals surface area (Å²) in [6.07, 6.45) is 6.22. The lowest BCUT2D eigenvalue weighted by Crippen LogP contribution is -2.52. The molecule has 2 N–H and O–H groups in total. The number of ether oxygens (including phenoxy) is 1. The summed E-state index contributed by atoms with van der Waals surface area (Å²) in [6.45, 7) is 4.65. The second kappa shape index (κ2) is 9.68. The van der Waals surface area contributed by atoms with E-state index in [0.717, 1.165) is 37.6 Å². The van der Waals surface area contributed by atoms with Gasteiger partial charge in [0, 0.05) is 44.4 Å². The molecule has 152 valence electrons. The van der Waals surface area contributed by atoms with Gasteiger partial charge in [-0.1, -0.05) is 17.7 Å². The predicted octanol–water partition coefficient (Wildman–Crippen LogP) is 2.67. The van der Waals surface area contributed by atoms with Crippen LogP contribution >= 0.6 is 11.6 Å². The molecule has 0 bridgehead atoms. The number of nitrogens with zero attached hydrogens (tertiary/aromatic N) is 4. The van der Waals surface area contributed by atoms with Crippen LogP contribution in [0.5, 0.6) is 5.75 Å². The van der Waals surface area contributed by atoms with E-state index in [1.807, 2.05) is 49.1 Å². The van der Waals surface area contributed by atoms with Crippen LogP contribution in [0.4, 0.5) is 5.69 Å². The van der Waals surface area contributed by atoms with Gasteiger partial charge in [0.15, 0.2) is 5.96 Å². The maximum absolute atomic E-state index is 6.01. The summed E-state index contributed by atoms with van der Waals surface area (Å²) in [5.74, 6) is 1.56. The Morgan fingerprint density at radius 2 is 2.32 bits per heavy atom. The fourth-order valence-electron chi connectivity index (χ4n) is 3.34. The van der Waals surface area contributed by atoms with Gasteiger partial charge in [0.2, 0.25) is 0 Å². The fraction of sp³-hybridized carbons (Fsp3) is 0.500. The topological polar surface area (TPSA) is 66.7 Å². The molecule has 2 heterocycles. The molecule has 2 unspecified atom stereocenters. The summed E-state index contributed by atoms with van der Waals surface area (Å²) in [5, 5.41) is 11.8. The van der Waals surface area contributed by atoms with Crippen molar-refractivity contribution in [1.29, 1.82) is 0 Å². The summed E-state index contributed by atoms with van der Waals surface area (Å²) in [4.78, 5) is 6.73. The van der Waals surface area contributed by atoms with Gasteiger partial charge in [-0.2, -0.15) is 5.10 Å². The van der Waals surface area contributed by atoms with Crippen LogP contribution in [0.3, 0.4) is 0 Å². The molecule has 1 aromatic carbocycles. The van der Waals surface area contributed by atoms with Crippen molar-refractivity contribution in [2.24, 2.45) is 12.0 Å². The minimum Gasteiger partial charge on any atom is -0.489 e. The molecule has 28 heavy (non-hydrogen) atoms. The maximum Gasteiger partial charge on any atom is 0.191 e. The first-order chi connectivity index (χ1) is 13.5. The zero-order valence-corrected chi connectivity index (χ0v) is 17.5. The Hall–Kier alpha value is -2.41. The Kier molecular flexibility index (Phi) is 7.03. The quantitative estimate of drug-likeness (QED) is 0.572. The van der Waals surface area contributed by atoms with Crippen LogP contribution in [-0.2, 0) is 7.05 Å². The van der Waals surface area contributed by atoms with E-state index in [1.54, 1.807) is 7.05 Å². The van der Waals surface area contributed by atoms with Crippen LogP contribution in [0.15, 0.2) is 41.7 Å². The van der Waals surface area contributed by atoms with Crippen molar-refractivity contribution < 1.29 is 4.74 Å². The number of anilines is 1. The molecule has 1 aliphatic rings. The largest absolute Gasteiger partial charge is 0.489 e. The average Bonchev–Trinajstić information content (AvgIpc) is 3.12. The Morgan fingerprint density at radius 1 is 1.46 bits per heavy atom. The van der Waals surface area contributed by atoms with Gasteiger partial charge in [-0.15, -0.1) is 0 Å². The highest BCUT2D eigenvalue weighted by molar-refractivity contribution is 6.30. The van der Waals surface area contributed by atoms with E-state index >= 15 is 0 Å². The van der Waals surface area contributed by atoms with Gasteiger partial charge in [0.05, 0.1) is 18.4 Å². The number of rotatable bonds is 6. The Balaban J connectivity index is 1.47. The number of aryl methyl sites for hydroxylation is 1. The maximum atomic E-state index is 6.01. The third-order valence-electron chi connectivity index (χ3n) is 4.73. The Labute approximate surface area is 171 Å². The van der Waals surface area contributed by atoms with Crippen LogP contribution in [0.1, 0.15) is 19.8 Å². The van der Waals surface area contributed by atoms with Crippen LogP contribution < -0.4 is 20.3 Å². The van der Waals surface area contributed by atoms with Crippen LogP contribution in [0, 0.1) is 0 Å². The van der Waals surface area contributed by atoms with Gasteiger partial charge >= 0.3 is 0 Å². The molecule has 0 radical (unpaired) electrons. The molecular weight excluding hydrogens is 376 g/mol. The lowest BCUT2D eigenvalue weighted by atomic mass is 10.1. The van der Waals surface area contributed by atoms with Gasteiger partial charge in [0.25, 0.3) is 0 Å². The smallest absolute Gasteiger partial charge is 0.191 e. The highest BCUT2D eigenvalue weighted by atomic mass is 35.5. The van der Waals surface area contributed by atoms with E-state index in [-0.39, 0.29) is 6.10 Å². The monoisotopic (exact) mass is 404 g/mol. The van der Waals surface area contributed by atoms with E-state index in [9.17, 15) is 0 Å². The van der Waals surface area contributed by atoms with Crippen molar-refractivity contribution in [3.63, 3.8) is 0 Å². The van der Waals surface area contributed by atoms with E-state index in [0.29, 0.717) is 17.6 Å². The molecule has 8 heteroatoms. The number of piperidine rings is 1. The minimum atomic E-state index is -0.0183. The molecule has 3 rings (SSSR count). The Bertz CT molecular complexity index is 793. The summed E-state index contributed by atoms with van der Waals surface area (Å²) >= 11 is 6.01. The first kappa shape index (κ1) is 20.3. The zero-order valence-electron chi connectivity index (χ0n) is 16.7. The number of halogens is 1. The molecule has 0 spiro atoms. The number of benzene rings is 1. The summed E-state index contributed by atoms with van der Waals surface area (Å²) < 4.78 is 7.75. The summed E-state index contributed by atoms with van der Waals surface area (Å²) in [7, 11) is 3.74. The molecular formula is C20H29ClN6O. The third kappa shape index (κ3) is 5.79. The van der Waals surface area contributed by atoms with E-state index in [2.05, 4.69) is 31.8 Å². The third-order valence-corrected chi connectivity index (χ3v) is 4.97. The number of nitrogens with one attached hydrogen (secondary N) is 2. The average molecular weight is 405 g/mol. The van der Waals surface area contributed by atoms with Crippen LogP contribution in [0.25, 0.3) is 0 Å². The van der Waals surface area contributed by atoms with E-state index in [1.165, 1.54) is 5.69 Å². The summed E-state index contributed by atoms with van der Waals surface area (Å²) in [6, 6.07) is 7.78. The predicted molar refractivity (Wildman–Crippen MR) is 114 cm³/mol. The molecule has 1 saturated heterocycles. The number of aliphatic imine (C=N–C) groups is 1. The first-order valence-corrected chi connectivity index (χ1v) is 10.0. The number of hydrogen-bond donors (Lipinski definition) is 2. The van der Waals surface area contributed by atoms with Crippen molar-refractivity contribution >= 4 is 23.2 Å². The van der Waals surface area contributed by atoms with Gasteiger partial charge < -0.3 is 20.3 Å². The van der Waals surface area contributed by atoms with Crippen LogP contribution in [-0.4, -0.2) is 54.6 Å². The minimum absolute atomic E-state index is 0.0183. The molecule has 2 aromatic rings. The van der Waals surface area contributed by atoms with Gasteiger partial charge in [-0.05, 0) is 38.0 Å². The lowest BCUT2D eigenvalue weighted by Gasteiger charge is -2.34. The van der Waals surface area contributed by atoms with E-state index in [4.69, 9.17) is 16.3 Å². The highest BCUT2D eigenvalue weighted by Gasteiger charge is 2.22. The van der Waals surface area contributed by atoms with Crippen molar-refractivity contribution in [2.75, 3.05) is 31.6 Å². The molecule has 1 fully saturated rings. The fourth-order valence-corrected chi connectivity index (χ4v) is 3.52. The first-order valence-electron chi connectivity index (χ1n) is 9.66. The van der Waals surface area contributed by atoms with Gasteiger partial charge in [-0.25, -0.2) is 0 Å². The normalized spacial score (nSPS) is 18.6. The standard InChI is InChI=1S/C20H29ClN6O/c1-15(28-19-8-4-6-16(21)10-19)11-23-20(22-2)25-17-7-5-9-27(13-17)18-12-24-26(3)14-18/h4,6,8,10,12,14-15,17H,5,7,9,11,13H2,1-3H3,(H2,22,23,25). The second-order valence-electron chi connectivity index (χ2n) is 7.14. The molecule has 0 saturated carbocycles.